The maximum Gasteiger partial charge on any atom is 0.220 e. The fourth-order valence-corrected chi connectivity index (χ4v) is 6.65. The molecule has 0 radical (unpaired) electrons. The van der Waals surface area contributed by atoms with Gasteiger partial charge in [-0.2, -0.15) is 0 Å². The monoisotopic (exact) mass is 790 g/mol. The minimum absolute atomic E-state index is 0.0855. The average molecular weight is 790 g/mol. The van der Waals surface area contributed by atoms with Crippen molar-refractivity contribution in [1.29, 1.82) is 0 Å². The van der Waals surface area contributed by atoms with E-state index < -0.39 is 12.1 Å². The van der Waals surface area contributed by atoms with Crippen molar-refractivity contribution >= 4 is 5.91 Å². The molecule has 0 bridgehead atoms. The van der Waals surface area contributed by atoms with Crippen LogP contribution in [0.1, 0.15) is 213 Å². The van der Waals surface area contributed by atoms with Crippen LogP contribution in [0.5, 0.6) is 0 Å². The molecule has 0 heterocycles. The zero-order valence-corrected chi connectivity index (χ0v) is 37.3. The quantitative estimate of drug-likeness (QED) is 0.0426. The zero-order chi connectivity index (χ0) is 41.4. The van der Waals surface area contributed by atoms with Gasteiger partial charge in [0, 0.05) is 6.42 Å². The summed E-state index contributed by atoms with van der Waals surface area (Å²) in [5, 5.41) is 23.0. The van der Waals surface area contributed by atoms with Crippen LogP contribution in [0.2, 0.25) is 0 Å². The first-order chi connectivity index (χ1) is 28.2. The third-order valence-corrected chi connectivity index (χ3v) is 10.3. The maximum absolute atomic E-state index is 12.4. The highest BCUT2D eigenvalue weighted by atomic mass is 16.3. The SMILES string of the molecule is CC/C=C\C/C=C\C/C=C\C/C=C\C/C=C\CCCCCCCCCCCCCC(=O)NC(CO)C(O)/C=C/CC/C=C/CC/C=C/CCCCCCCCCC. The summed E-state index contributed by atoms with van der Waals surface area (Å²) in [6.07, 6.45) is 71.0. The highest BCUT2D eigenvalue weighted by Crippen LogP contribution is 2.14. The second-order valence-corrected chi connectivity index (χ2v) is 15.8. The molecule has 0 aromatic carbocycles. The number of hydrogen-bond donors (Lipinski definition) is 3. The molecule has 2 atom stereocenters. The average Bonchev–Trinajstić information content (AvgIpc) is 3.22. The molecular weight excluding hydrogens is 699 g/mol. The van der Waals surface area contributed by atoms with Crippen LogP contribution in [0.25, 0.3) is 0 Å². The Balaban J connectivity index is 3.64. The van der Waals surface area contributed by atoms with E-state index in [2.05, 4.69) is 104 Å². The highest BCUT2D eigenvalue weighted by molar-refractivity contribution is 5.76. The van der Waals surface area contributed by atoms with Gasteiger partial charge in [-0.3, -0.25) is 4.79 Å². The second-order valence-electron chi connectivity index (χ2n) is 15.8. The fraction of sp³-hybridized carbons (Fsp3) is 0.679. The molecule has 2 unspecified atom stereocenters. The van der Waals surface area contributed by atoms with Crippen molar-refractivity contribution in [3.05, 3.63) is 97.2 Å². The first-order valence-corrected chi connectivity index (χ1v) is 24.0. The number of amides is 1. The minimum Gasteiger partial charge on any atom is -0.394 e. The van der Waals surface area contributed by atoms with Gasteiger partial charge in [-0.25, -0.2) is 0 Å². The topological polar surface area (TPSA) is 69.6 Å². The van der Waals surface area contributed by atoms with Gasteiger partial charge >= 0.3 is 0 Å². The minimum atomic E-state index is -0.877. The Hall–Kier alpha value is -2.69. The molecule has 0 fully saturated rings. The summed E-state index contributed by atoms with van der Waals surface area (Å²) in [6, 6.07) is -0.653. The van der Waals surface area contributed by atoms with Gasteiger partial charge in [-0.1, -0.05) is 214 Å². The largest absolute Gasteiger partial charge is 0.394 e. The molecule has 0 aromatic rings. The lowest BCUT2D eigenvalue weighted by molar-refractivity contribution is -0.123. The summed E-state index contributed by atoms with van der Waals surface area (Å²) < 4.78 is 0. The van der Waals surface area contributed by atoms with E-state index in [4.69, 9.17) is 0 Å². The zero-order valence-electron chi connectivity index (χ0n) is 37.3. The smallest absolute Gasteiger partial charge is 0.220 e. The maximum atomic E-state index is 12.4. The molecule has 0 aliphatic rings. The van der Waals surface area contributed by atoms with Gasteiger partial charge < -0.3 is 15.5 Å². The molecular formula is C53H91NO3. The number of hydrogen-bond acceptors (Lipinski definition) is 3. The van der Waals surface area contributed by atoms with Gasteiger partial charge in [-0.05, 0) is 89.9 Å². The van der Waals surface area contributed by atoms with E-state index in [0.717, 1.165) is 70.6 Å². The van der Waals surface area contributed by atoms with Crippen LogP contribution >= 0.6 is 0 Å². The lowest BCUT2D eigenvalue weighted by Gasteiger charge is -2.19. The predicted octanol–water partition coefficient (Wildman–Crippen LogP) is 15.4. The Bertz CT molecular complexity index is 1080. The first kappa shape index (κ1) is 54.3. The molecule has 0 rings (SSSR count). The van der Waals surface area contributed by atoms with Crippen molar-refractivity contribution in [3.8, 4) is 0 Å². The van der Waals surface area contributed by atoms with E-state index in [1.165, 1.54) is 122 Å². The van der Waals surface area contributed by atoms with E-state index in [0.29, 0.717) is 6.42 Å². The van der Waals surface area contributed by atoms with Crippen LogP contribution in [0, 0.1) is 0 Å². The van der Waals surface area contributed by atoms with Gasteiger partial charge in [0.05, 0.1) is 18.8 Å². The molecule has 57 heavy (non-hydrogen) atoms. The molecule has 0 saturated heterocycles. The van der Waals surface area contributed by atoms with Gasteiger partial charge in [0.25, 0.3) is 0 Å². The van der Waals surface area contributed by atoms with Crippen LogP contribution in [0.3, 0.4) is 0 Å². The Labute approximate surface area is 353 Å². The van der Waals surface area contributed by atoms with Crippen LogP contribution in [0.15, 0.2) is 97.2 Å². The fourth-order valence-electron chi connectivity index (χ4n) is 6.65. The van der Waals surface area contributed by atoms with Crippen molar-refractivity contribution in [3.63, 3.8) is 0 Å². The molecule has 0 aliphatic carbocycles. The molecule has 326 valence electrons. The molecule has 0 aromatic heterocycles. The standard InChI is InChI=1S/C53H91NO3/c1-3-5-7-9-11-13-15-17-19-21-23-24-25-26-27-28-29-30-31-33-35-37-39-41-43-45-47-49-53(57)54-51(50-55)52(56)48-46-44-42-40-38-36-34-32-22-20-18-16-14-12-10-8-6-4-2/h5,7,11,13,17,19,22-24,26-27,32,38,40,46,48,51-52,55-56H,3-4,6,8-10,12,14-16,18,20-21,25,28-31,33-37,39,41-45,47,49-50H2,1-2H3,(H,54,57)/b7-5-,13-11-,19-17-,24-23-,27-26-,32-22+,40-38+,48-46+. The number of allylic oxidation sites excluding steroid dienone is 15. The summed E-state index contributed by atoms with van der Waals surface area (Å²) in [5.41, 5.74) is 0. The Morgan fingerprint density at radius 1 is 0.439 bits per heavy atom. The molecule has 4 nitrogen and oxygen atoms in total. The van der Waals surface area contributed by atoms with Crippen molar-refractivity contribution in [2.75, 3.05) is 6.61 Å². The van der Waals surface area contributed by atoms with Gasteiger partial charge in [0.15, 0.2) is 0 Å². The summed E-state index contributed by atoms with van der Waals surface area (Å²) >= 11 is 0. The highest BCUT2D eigenvalue weighted by Gasteiger charge is 2.17. The first-order valence-electron chi connectivity index (χ1n) is 24.0. The molecule has 3 N–H and O–H groups in total. The number of rotatable bonds is 42. The molecule has 0 spiro atoms. The van der Waals surface area contributed by atoms with Crippen molar-refractivity contribution < 1.29 is 15.0 Å². The number of aliphatic hydroxyl groups is 2. The van der Waals surface area contributed by atoms with E-state index in [1.807, 2.05) is 6.08 Å². The molecule has 0 saturated carbocycles. The Kier molecular flexibility index (Phi) is 45.4. The van der Waals surface area contributed by atoms with E-state index >= 15 is 0 Å². The summed E-state index contributed by atoms with van der Waals surface area (Å²) in [4.78, 5) is 12.4. The van der Waals surface area contributed by atoms with Gasteiger partial charge in [-0.15, -0.1) is 0 Å². The van der Waals surface area contributed by atoms with Crippen LogP contribution < -0.4 is 5.32 Å². The van der Waals surface area contributed by atoms with Crippen LogP contribution in [0.4, 0.5) is 0 Å². The normalized spacial score (nSPS) is 13.8. The van der Waals surface area contributed by atoms with Gasteiger partial charge in [0.2, 0.25) is 5.91 Å². The Morgan fingerprint density at radius 2 is 0.789 bits per heavy atom. The number of carbonyl (C=O) groups excluding carboxylic acids is 1. The number of nitrogens with one attached hydrogen (secondary N) is 1. The summed E-state index contributed by atoms with van der Waals surface area (Å²) in [5.74, 6) is -0.0855. The second kappa shape index (κ2) is 47.7. The lowest BCUT2D eigenvalue weighted by atomic mass is 10.0. The van der Waals surface area contributed by atoms with Crippen LogP contribution in [-0.4, -0.2) is 34.9 Å². The third-order valence-electron chi connectivity index (χ3n) is 10.3. The van der Waals surface area contributed by atoms with Crippen molar-refractivity contribution in [2.45, 2.75) is 225 Å². The number of unbranched alkanes of at least 4 members (excludes halogenated alkanes) is 21. The number of aliphatic hydroxyl groups excluding tert-OH is 2. The summed E-state index contributed by atoms with van der Waals surface area (Å²) in [7, 11) is 0. The van der Waals surface area contributed by atoms with E-state index in [1.54, 1.807) is 6.08 Å². The van der Waals surface area contributed by atoms with Crippen molar-refractivity contribution in [1.82, 2.24) is 5.32 Å². The van der Waals surface area contributed by atoms with E-state index in [-0.39, 0.29) is 12.5 Å². The van der Waals surface area contributed by atoms with Crippen molar-refractivity contribution in [2.24, 2.45) is 0 Å². The molecule has 4 heteroatoms. The summed E-state index contributed by atoms with van der Waals surface area (Å²) in [6.45, 7) is 4.17. The van der Waals surface area contributed by atoms with E-state index in [9.17, 15) is 15.0 Å². The van der Waals surface area contributed by atoms with Gasteiger partial charge in [0.1, 0.15) is 0 Å². The lowest BCUT2D eigenvalue weighted by Crippen LogP contribution is -2.45. The predicted molar refractivity (Wildman–Crippen MR) is 253 cm³/mol. The number of carbonyl (C=O) groups is 1. The molecule has 1 amide bonds. The van der Waals surface area contributed by atoms with Crippen LogP contribution in [-0.2, 0) is 4.79 Å². The molecule has 0 aliphatic heterocycles. The third kappa shape index (κ3) is 44.3. The Morgan fingerprint density at radius 3 is 1.23 bits per heavy atom.